The summed E-state index contributed by atoms with van der Waals surface area (Å²) in [5.41, 5.74) is 3.32. The van der Waals surface area contributed by atoms with Gasteiger partial charge >= 0.3 is 5.97 Å². The van der Waals surface area contributed by atoms with E-state index in [4.69, 9.17) is 4.74 Å². The number of hydrogen-bond acceptors (Lipinski definition) is 3. The van der Waals surface area contributed by atoms with E-state index < -0.39 is 0 Å². The lowest BCUT2D eigenvalue weighted by Gasteiger charge is -2.10. The molecule has 0 unspecified atom stereocenters. The Morgan fingerprint density at radius 3 is 2.68 bits per heavy atom. The molecule has 0 aliphatic rings. The van der Waals surface area contributed by atoms with E-state index in [1.165, 1.54) is 24.3 Å². The molecule has 0 saturated carbocycles. The van der Waals surface area contributed by atoms with Crippen LogP contribution in [-0.2, 0) is 16.1 Å². The van der Waals surface area contributed by atoms with Gasteiger partial charge in [-0.2, -0.15) is 0 Å². The summed E-state index contributed by atoms with van der Waals surface area (Å²) in [6.07, 6.45) is 3.12. The largest absolute Gasteiger partial charge is 0.488 e. The molecule has 0 saturated heterocycles. The van der Waals surface area contributed by atoms with Gasteiger partial charge in [0.2, 0.25) is 0 Å². The number of benzene rings is 2. The van der Waals surface area contributed by atoms with Crippen LogP contribution in [0, 0.1) is 10.5 Å². The summed E-state index contributed by atoms with van der Waals surface area (Å²) in [5, 5.41) is 0. The van der Waals surface area contributed by atoms with E-state index in [0.29, 0.717) is 6.61 Å². The Labute approximate surface area is 144 Å². The highest BCUT2D eigenvalue weighted by molar-refractivity contribution is 14.1. The second-order valence-electron chi connectivity index (χ2n) is 4.76. The molecule has 22 heavy (non-hydrogen) atoms. The van der Waals surface area contributed by atoms with Crippen LogP contribution in [-0.4, -0.2) is 13.1 Å². The standard InChI is InChI=1S/C18H17IO3/c1-13-5-3-4-6-15(13)12-22-17-9-7-14(11-16(17)19)8-10-18(20)21-2/h3-11H,12H2,1-2H3/b10-8+. The molecule has 0 bridgehead atoms. The van der Waals surface area contributed by atoms with Crippen LogP contribution in [0.4, 0.5) is 0 Å². The van der Waals surface area contributed by atoms with Gasteiger partial charge in [-0.1, -0.05) is 30.3 Å². The van der Waals surface area contributed by atoms with Crippen LogP contribution < -0.4 is 4.74 Å². The zero-order valence-electron chi connectivity index (χ0n) is 12.5. The molecule has 0 atom stereocenters. The minimum atomic E-state index is -0.366. The van der Waals surface area contributed by atoms with Gasteiger partial charge in [0.25, 0.3) is 0 Å². The van der Waals surface area contributed by atoms with Crippen molar-refractivity contribution in [3.8, 4) is 5.75 Å². The number of ether oxygens (including phenoxy) is 2. The van der Waals surface area contributed by atoms with Gasteiger partial charge in [0, 0.05) is 6.08 Å². The first kappa shape index (κ1) is 16.5. The number of hydrogen-bond donors (Lipinski definition) is 0. The summed E-state index contributed by atoms with van der Waals surface area (Å²) in [7, 11) is 1.36. The third-order valence-electron chi connectivity index (χ3n) is 3.21. The molecule has 0 fully saturated rings. The molecule has 0 radical (unpaired) electrons. The molecule has 3 nitrogen and oxygen atoms in total. The fraction of sp³-hybridized carbons (Fsp3) is 0.167. The van der Waals surface area contributed by atoms with E-state index in [9.17, 15) is 4.79 Å². The molecule has 0 aliphatic carbocycles. The maximum atomic E-state index is 11.1. The SMILES string of the molecule is COC(=O)/C=C/c1ccc(OCc2ccccc2C)c(I)c1. The monoisotopic (exact) mass is 408 g/mol. The zero-order valence-corrected chi connectivity index (χ0v) is 14.7. The predicted octanol–water partition coefficient (Wildman–Crippen LogP) is 4.36. The van der Waals surface area contributed by atoms with Gasteiger partial charge in [-0.25, -0.2) is 4.79 Å². The molecular formula is C18H17IO3. The maximum Gasteiger partial charge on any atom is 0.330 e. The molecule has 2 aromatic carbocycles. The summed E-state index contributed by atoms with van der Waals surface area (Å²) >= 11 is 2.23. The number of carbonyl (C=O) groups excluding carboxylic acids is 1. The molecule has 0 heterocycles. The van der Waals surface area contributed by atoms with Crippen LogP contribution >= 0.6 is 22.6 Å². The van der Waals surface area contributed by atoms with Gasteiger partial charge in [0.15, 0.2) is 0 Å². The minimum Gasteiger partial charge on any atom is -0.488 e. The molecule has 0 spiro atoms. The maximum absolute atomic E-state index is 11.1. The lowest BCUT2D eigenvalue weighted by atomic mass is 10.1. The van der Waals surface area contributed by atoms with E-state index in [0.717, 1.165) is 14.9 Å². The first-order chi connectivity index (χ1) is 10.6. The molecule has 4 heteroatoms. The Balaban J connectivity index is 2.05. The van der Waals surface area contributed by atoms with Crippen molar-refractivity contribution in [2.45, 2.75) is 13.5 Å². The Bertz CT molecular complexity index is 692. The Hall–Kier alpha value is -1.82. The number of aryl methyl sites for hydroxylation is 1. The van der Waals surface area contributed by atoms with Crippen molar-refractivity contribution >= 4 is 34.6 Å². The van der Waals surface area contributed by atoms with Gasteiger partial charge in [-0.15, -0.1) is 0 Å². The minimum absolute atomic E-state index is 0.366. The summed E-state index contributed by atoms with van der Waals surface area (Å²) in [6.45, 7) is 2.62. The van der Waals surface area contributed by atoms with Gasteiger partial charge < -0.3 is 9.47 Å². The van der Waals surface area contributed by atoms with Crippen LogP contribution in [0.3, 0.4) is 0 Å². The lowest BCUT2D eigenvalue weighted by molar-refractivity contribution is -0.134. The summed E-state index contributed by atoms with van der Waals surface area (Å²) < 4.78 is 11.5. The average Bonchev–Trinajstić information content (AvgIpc) is 2.53. The van der Waals surface area contributed by atoms with Crippen LogP contribution in [0.1, 0.15) is 16.7 Å². The average molecular weight is 408 g/mol. The third-order valence-corrected chi connectivity index (χ3v) is 4.06. The van der Waals surface area contributed by atoms with Gasteiger partial charge in [-0.05, 0) is 64.4 Å². The smallest absolute Gasteiger partial charge is 0.330 e. The van der Waals surface area contributed by atoms with E-state index in [1.54, 1.807) is 6.08 Å². The lowest BCUT2D eigenvalue weighted by Crippen LogP contribution is -1.99. The second kappa shape index (κ2) is 7.98. The highest BCUT2D eigenvalue weighted by Crippen LogP contribution is 2.24. The predicted molar refractivity (Wildman–Crippen MR) is 95.7 cm³/mol. The van der Waals surface area contributed by atoms with E-state index in [2.05, 4.69) is 46.4 Å². The normalized spacial score (nSPS) is 10.7. The van der Waals surface area contributed by atoms with E-state index >= 15 is 0 Å². The van der Waals surface area contributed by atoms with Gasteiger partial charge in [-0.3, -0.25) is 0 Å². The van der Waals surface area contributed by atoms with Gasteiger partial charge in [0.1, 0.15) is 12.4 Å². The molecule has 0 aromatic heterocycles. The number of esters is 1. The Kier molecular flexibility index (Phi) is 6.00. The zero-order chi connectivity index (χ0) is 15.9. The van der Waals surface area contributed by atoms with Crippen LogP contribution in [0.25, 0.3) is 6.08 Å². The summed E-state index contributed by atoms with van der Waals surface area (Å²) in [5.74, 6) is 0.467. The van der Waals surface area contributed by atoms with Crippen molar-refractivity contribution in [2.24, 2.45) is 0 Å². The molecule has 0 amide bonds. The van der Waals surface area contributed by atoms with Crippen LogP contribution in [0.15, 0.2) is 48.5 Å². The van der Waals surface area contributed by atoms with Crippen molar-refractivity contribution in [3.05, 3.63) is 68.8 Å². The molecule has 2 aromatic rings. The van der Waals surface area contributed by atoms with Crippen molar-refractivity contribution in [3.63, 3.8) is 0 Å². The fourth-order valence-electron chi connectivity index (χ4n) is 1.90. The number of rotatable bonds is 5. The van der Waals surface area contributed by atoms with Gasteiger partial charge in [0.05, 0.1) is 10.7 Å². The van der Waals surface area contributed by atoms with Crippen LogP contribution in [0.5, 0.6) is 5.75 Å². The number of carbonyl (C=O) groups is 1. The van der Waals surface area contributed by atoms with Crippen molar-refractivity contribution in [1.82, 2.24) is 0 Å². The quantitative estimate of drug-likeness (QED) is 0.419. The Morgan fingerprint density at radius 1 is 1.23 bits per heavy atom. The number of halogens is 1. The highest BCUT2D eigenvalue weighted by atomic mass is 127. The van der Waals surface area contributed by atoms with E-state index in [-0.39, 0.29) is 5.97 Å². The second-order valence-corrected chi connectivity index (χ2v) is 5.92. The summed E-state index contributed by atoms with van der Waals surface area (Å²) in [4.78, 5) is 11.1. The first-order valence-electron chi connectivity index (χ1n) is 6.83. The van der Waals surface area contributed by atoms with E-state index in [1.807, 2.05) is 30.3 Å². The Morgan fingerprint density at radius 2 is 2.00 bits per heavy atom. The van der Waals surface area contributed by atoms with Crippen molar-refractivity contribution in [2.75, 3.05) is 7.11 Å². The van der Waals surface area contributed by atoms with Crippen LogP contribution in [0.2, 0.25) is 0 Å². The molecule has 0 aliphatic heterocycles. The molecular weight excluding hydrogens is 391 g/mol. The highest BCUT2D eigenvalue weighted by Gasteiger charge is 2.04. The molecule has 0 N–H and O–H groups in total. The molecule has 2 rings (SSSR count). The number of methoxy groups -OCH3 is 1. The first-order valence-corrected chi connectivity index (χ1v) is 7.91. The topological polar surface area (TPSA) is 35.5 Å². The molecule has 114 valence electrons. The van der Waals surface area contributed by atoms with Crippen molar-refractivity contribution in [1.29, 1.82) is 0 Å². The van der Waals surface area contributed by atoms with Crippen molar-refractivity contribution < 1.29 is 14.3 Å². The summed E-state index contributed by atoms with van der Waals surface area (Å²) in [6, 6.07) is 14.0. The fourth-order valence-corrected chi connectivity index (χ4v) is 2.59. The third kappa shape index (κ3) is 4.59.